The fourth-order valence-electron chi connectivity index (χ4n) is 2.44. The summed E-state index contributed by atoms with van der Waals surface area (Å²) in [4.78, 5) is 0. The van der Waals surface area contributed by atoms with Crippen LogP contribution in [0.4, 0.5) is 0 Å². The van der Waals surface area contributed by atoms with Crippen molar-refractivity contribution in [2.45, 2.75) is 38.6 Å². The summed E-state index contributed by atoms with van der Waals surface area (Å²) < 4.78 is 30.8. The summed E-state index contributed by atoms with van der Waals surface area (Å²) in [7, 11) is -1.57. The quantitative estimate of drug-likeness (QED) is 0.884. The summed E-state index contributed by atoms with van der Waals surface area (Å²) in [5, 5.41) is 4.10. The second-order valence-corrected chi connectivity index (χ2v) is 6.63. The van der Waals surface area contributed by atoms with E-state index in [1.54, 1.807) is 15.2 Å². The number of rotatable bonds is 5. The first kappa shape index (κ1) is 14.5. The fraction of sp³-hybridized carbons (Fsp3) is 0.750. The molecule has 0 bridgehead atoms. The van der Waals surface area contributed by atoms with Crippen LogP contribution in [0.15, 0.2) is 12.3 Å². The van der Waals surface area contributed by atoms with Gasteiger partial charge in [0.25, 0.3) is 10.2 Å². The molecule has 0 saturated carbocycles. The van der Waals surface area contributed by atoms with E-state index in [2.05, 4.69) is 9.82 Å². The first-order chi connectivity index (χ1) is 9.04. The minimum atomic E-state index is -3.40. The topological polar surface area (TPSA) is 67.2 Å². The first-order valence-electron chi connectivity index (χ1n) is 6.80. The van der Waals surface area contributed by atoms with Gasteiger partial charge in [-0.25, -0.2) is 0 Å². The molecular weight excluding hydrogens is 264 g/mol. The van der Waals surface area contributed by atoms with Crippen LogP contribution in [0, 0.1) is 0 Å². The van der Waals surface area contributed by atoms with Gasteiger partial charge in [-0.05, 0) is 25.3 Å². The molecule has 108 valence electrons. The number of hydrogen-bond donors (Lipinski definition) is 1. The molecule has 1 aliphatic heterocycles. The maximum atomic E-state index is 12.3. The van der Waals surface area contributed by atoms with Crippen LogP contribution in [0.25, 0.3) is 0 Å². The SMILES string of the molecule is CCC(NS(=O)(=O)N1CCCCC1)c1ccnn1C. The van der Waals surface area contributed by atoms with Crippen LogP contribution in [0.1, 0.15) is 44.3 Å². The summed E-state index contributed by atoms with van der Waals surface area (Å²) >= 11 is 0. The molecule has 1 atom stereocenters. The van der Waals surface area contributed by atoms with Crippen molar-refractivity contribution in [1.82, 2.24) is 18.8 Å². The van der Waals surface area contributed by atoms with Crippen LogP contribution in [0.5, 0.6) is 0 Å². The van der Waals surface area contributed by atoms with Gasteiger partial charge in [-0.2, -0.15) is 22.5 Å². The molecule has 1 fully saturated rings. The lowest BCUT2D eigenvalue weighted by atomic mass is 10.2. The molecule has 1 unspecified atom stereocenters. The van der Waals surface area contributed by atoms with Gasteiger partial charge in [0.15, 0.2) is 0 Å². The molecule has 7 heteroatoms. The lowest BCUT2D eigenvalue weighted by Crippen LogP contribution is -2.44. The highest BCUT2D eigenvalue weighted by molar-refractivity contribution is 7.87. The zero-order valence-electron chi connectivity index (χ0n) is 11.5. The van der Waals surface area contributed by atoms with E-state index in [1.165, 1.54) is 0 Å². The standard InChI is InChI=1S/C12H22N4O2S/c1-3-11(12-7-8-13-15(12)2)14-19(17,18)16-9-5-4-6-10-16/h7-8,11,14H,3-6,9-10H2,1-2H3. The summed E-state index contributed by atoms with van der Waals surface area (Å²) in [6.45, 7) is 3.21. The minimum absolute atomic E-state index is 0.223. The molecule has 0 aliphatic carbocycles. The van der Waals surface area contributed by atoms with E-state index < -0.39 is 10.2 Å². The van der Waals surface area contributed by atoms with Gasteiger partial charge in [-0.15, -0.1) is 0 Å². The lowest BCUT2D eigenvalue weighted by molar-refractivity contribution is 0.337. The predicted octanol–water partition coefficient (Wildman–Crippen LogP) is 1.19. The second-order valence-electron chi connectivity index (χ2n) is 4.92. The summed E-state index contributed by atoms with van der Waals surface area (Å²) in [6, 6.07) is 1.63. The van der Waals surface area contributed by atoms with Crippen molar-refractivity contribution in [3.05, 3.63) is 18.0 Å². The number of hydrogen-bond acceptors (Lipinski definition) is 3. The Labute approximate surface area is 115 Å². The number of piperidine rings is 1. The average molecular weight is 286 g/mol. The molecule has 1 N–H and O–H groups in total. The smallest absolute Gasteiger partial charge is 0.271 e. The van der Waals surface area contributed by atoms with Crippen LogP contribution < -0.4 is 4.72 Å². The molecule has 0 spiro atoms. The first-order valence-corrected chi connectivity index (χ1v) is 8.24. The third-order valence-corrected chi connectivity index (χ3v) is 5.20. The van der Waals surface area contributed by atoms with Crippen molar-refractivity contribution in [2.75, 3.05) is 13.1 Å². The van der Waals surface area contributed by atoms with E-state index in [-0.39, 0.29) is 6.04 Å². The van der Waals surface area contributed by atoms with Crippen molar-refractivity contribution in [2.24, 2.45) is 7.05 Å². The Morgan fingerprint density at radius 3 is 2.58 bits per heavy atom. The molecule has 19 heavy (non-hydrogen) atoms. The molecule has 0 amide bonds. The third-order valence-electron chi connectivity index (χ3n) is 3.57. The molecule has 1 aromatic rings. The lowest BCUT2D eigenvalue weighted by Gasteiger charge is -2.28. The largest absolute Gasteiger partial charge is 0.280 e. The zero-order valence-corrected chi connectivity index (χ0v) is 12.4. The van der Waals surface area contributed by atoms with Gasteiger partial charge in [-0.1, -0.05) is 13.3 Å². The van der Waals surface area contributed by atoms with Crippen molar-refractivity contribution in [1.29, 1.82) is 0 Å². The Bertz CT molecular complexity index is 506. The van der Waals surface area contributed by atoms with E-state index in [9.17, 15) is 8.42 Å². The van der Waals surface area contributed by atoms with E-state index >= 15 is 0 Å². The van der Waals surface area contributed by atoms with Crippen LogP contribution in [0.2, 0.25) is 0 Å². The number of nitrogens with one attached hydrogen (secondary N) is 1. The third kappa shape index (κ3) is 3.34. The van der Waals surface area contributed by atoms with Crippen LogP contribution in [-0.2, 0) is 17.3 Å². The Hall–Kier alpha value is -0.920. The molecule has 2 heterocycles. The van der Waals surface area contributed by atoms with Crippen LogP contribution in [-0.4, -0.2) is 35.6 Å². The van der Waals surface area contributed by atoms with Gasteiger partial charge in [0.2, 0.25) is 0 Å². The molecule has 1 saturated heterocycles. The summed E-state index contributed by atoms with van der Waals surface area (Å²) in [6.07, 6.45) is 5.40. The molecule has 0 aromatic carbocycles. The van der Waals surface area contributed by atoms with E-state index in [4.69, 9.17) is 0 Å². The van der Waals surface area contributed by atoms with Gasteiger partial charge in [0, 0.05) is 26.3 Å². The van der Waals surface area contributed by atoms with Crippen LogP contribution in [0.3, 0.4) is 0 Å². The van der Waals surface area contributed by atoms with Crippen molar-refractivity contribution < 1.29 is 8.42 Å². The fourth-order valence-corrected chi connectivity index (χ4v) is 3.97. The van der Waals surface area contributed by atoms with Gasteiger partial charge >= 0.3 is 0 Å². The normalized spacial score (nSPS) is 19.5. The number of aryl methyl sites for hydroxylation is 1. The van der Waals surface area contributed by atoms with Crippen molar-refractivity contribution >= 4 is 10.2 Å². The number of nitrogens with zero attached hydrogens (tertiary/aromatic N) is 3. The van der Waals surface area contributed by atoms with Crippen molar-refractivity contribution in [3.8, 4) is 0 Å². The molecule has 6 nitrogen and oxygen atoms in total. The molecule has 2 rings (SSSR count). The maximum absolute atomic E-state index is 12.3. The van der Waals surface area contributed by atoms with E-state index in [0.29, 0.717) is 19.5 Å². The monoisotopic (exact) mass is 286 g/mol. The minimum Gasteiger partial charge on any atom is -0.271 e. The Balaban J connectivity index is 2.11. The van der Waals surface area contributed by atoms with E-state index in [1.807, 2.05) is 20.0 Å². The molecule has 0 radical (unpaired) electrons. The molecule has 1 aliphatic rings. The number of aromatic nitrogens is 2. The summed E-state index contributed by atoms with van der Waals surface area (Å²) in [5.74, 6) is 0. The van der Waals surface area contributed by atoms with Gasteiger partial charge in [0.1, 0.15) is 0 Å². The Kier molecular flexibility index (Phi) is 4.59. The Morgan fingerprint density at radius 1 is 1.37 bits per heavy atom. The second kappa shape index (κ2) is 6.02. The highest BCUT2D eigenvalue weighted by atomic mass is 32.2. The van der Waals surface area contributed by atoms with Gasteiger partial charge in [0.05, 0.1) is 11.7 Å². The molecule has 1 aromatic heterocycles. The highest BCUT2D eigenvalue weighted by Gasteiger charge is 2.27. The zero-order chi connectivity index (χ0) is 13.9. The van der Waals surface area contributed by atoms with Crippen LogP contribution >= 0.6 is 0 Å². The van der Waals surface area contributed by atoms with Crippen molar-refractivity contribution in [3.63, 3.8) is 0 Å². The summed E-state index contributed by atoms with van der Waals surface area (Å²) in [5.41, 5.74) is 0.892. The van der Waals surface area contributed by atoms with Gasteiger partial charge in [-0.3, -0.25) is 4.68 Å². The predicted molar refractivity (Wildman–Crippen MR) is 73.7 cm³/mol. The van der Waals surface area contributed by atoms with E-state index in [0.717, 1.165) is 25.0 Å². The Morgan fingerprint density at radius 2 is 2.05 bits per heavy atom. The highest BCUT2D eigenvalue weighted by Crippen LogP contribution is 2.19. The maximum Gasteiger partial charge on any atom is 0.280 e. The average Bonchev–Trinajstić information content (AvgIpc) is 2.83. The molecular formula is C12H22N4O2S. The van der Waals surface area contributed by atoms with Gasteiger partial charge < -0.3 is 0 Å².